The van der Waals surface area contributed by atoms with Crippen molar-refractivity contribution in [1.29, 1.82) is 0 Å². The first-order valence-corrected chi connectivity index (χ1v) is 8.82. The molecule has 0 fully saturated rings. The van der Waals surface area contributed by atoms with E-state index in [0.29, 0.717) is 10.8 Å². The summed E-state index contributed by atoms with van der Waals surface area (Å²) in [7, 11) is 0. The summed E-state index contributed by atoms with van der Waals surface area (Å²) in [5.74, 6) is 0.688. The van der Waals surface area contributed by atoms with Gasteiger partial charge in [0.1, 0.15) is 10.8 Å². The molecule has 0 saturated carbocycles. The summed E-state index contributed by atoms with van der Waals surface area (Å²) in [4.78, 5) is 12.6. The molecule has 1 N–H and O–H groups in total. The molecule has 0 spiro atoms. The number of nitrogens with zero attached hydrogens (tertiary/aromatic N) is 3. The third-order valence-corrected chi connectivity index (χ3v) is 5.73. The molecular formula is C15H10BrClN4OS. The summed E-state index contributed by atoms with van der Waals surface area (Å²) in [6.07, 6.45) is 0. The van der Waals surface area contributed by atoms with Gasteiger partial charge >= 0.3 is 0 Å². The molecule has 1 aliphatic rings. The summed E-state index contributed by atoms with van der Waals surface area (Å²) in [5.41, 5.74) is 1.82. The zero-order valence-electron chi connectivity index (χ0n) is 11.9. The maximum absolute atomic E-state index is 12.6. The fourth-order valence-electron chi connectivity index (χ4n) is 2.73. The Hall–Kier alpha value is -1.70. The first-order valence-electron chi connectivity index (χ1n) is 6.83. The van der Waals surface area contributed by atoms with Crippen LogP contribution in [0.5, 0.6) is 0 Å². The van der Waals surface area contributed by atoms with Crippen LogP contribution in [-0.2, 0) is 0 Å². The highest BCUT2D eigenvalue weighted by Crippen LogP contribution is 2.40. The van der Waals surface area contributed by atoms with Crippen LogP contribution in [0, 0.1) is 6.92 Å². The lowest BCUT2D eigenvalue weighted by Gasteiger charge is -2.18. The van der Waals surface area contributed by atoms with Crippen molar-refractivity contribution in [2.45, 2.75) is 13.0 Å². The van der Waals surface area contributed by atoms with Gasteiger partial charge in [-0.25, -0.2) is 0 Å². The Labute approximate surface area is 149 Å². The molecule has 1 amide bonds. The van der Waals surface area contributed by atoms with Gasteiger partial charge in [-0.1, -0.05) is 29.8 Å². The topological polar surface area (TPSA) is 59.8 Å². The molecule has 1 aromatic carbocycles. The number of rotatable bonds is 1. The van der Waals surface area contributed by atoms with Gasteiger partial charge in [-0.15, -0.1) is 21.5 Å². The standard InChI is InChI=1S/C15H10BrClN4OS/c1-7-19-20-13-14(22)18-12(8-4-2-3-5-10(8)17)9-6-11(16)23-15(9)21(7)13/h2-6,12H,1H3,(H,18,22). The third kappa shape index (κ3) is 2.31. The second-order valence-electron chi connectivity index (χ2n) is 5.15. The van der Waals surface area contributed by atoms with Gasteiger partial charge in [-0.2, -0.15) is 0 Å². The molecule has 0 radical (unpaired) electrons. The minimum Gasteiger partial charge on any atom is -0.338 e. The quantitative estimate of drug-likeness (QED) is 0.663. The van der Waals surface area contributed by atoms with Crippen molar-refractivity contribution >= 4 is 44.8 Å². The summed E-state index contributed by atoms with van der Waals surface area (Å²) in [5, 5.41) is 12.6. The van der Waals surface area contributed by atoms with Crippen LogP contribution >= 0.6 is 38.9 Å². The van der Waals surface area contributed by atoms with E-state index in [2.05, 4.69) is 31.4 Å². The highest BCUT2D eigenvalue weighted by atomic mass is 79.9. The number of amides is 1. The number of carbonyl (C=O) groups excluding carboxylic acids is 1. The predicted molar refractivity (Wildman–Crippen MR) is 92.4 cm³/mol. The lowest BCUT2D eigenvalue weighted by Crippen LogP contribution is -2.28. The van der Waals surface area contributed by atoms with Gasteiger partial charge in [0.2, 0.25) is 5.82 Å². The van der Waals surface area contributed by atoms with Gasteiger partial charge in [-0.3, -0.25) is 9.36 Å². The van der Waals surface area contributed by atoms with Crippen LogP contribution in [0.3, 0.4) is 0 Å². The normalized spacial score (nSPS) is 16.5. The molecule has 0 saturated heterocycles. The Bertz CT molecular complexity index is 935. The Morgan fingerprint density at radius 3 is 2.87 bits per heavy atom. The highest BCUT2D eigenvalue weighted by molar-refractivity contribution is 9.11. The van der Waals surface area contributed by atoms with Gasteiger partial charge in [0.15, 0.2) is 0 Å². The second kappa shape index (κ2) is 5.43. The summed E-state index contributed by atoms with van der Waals surface area (Å²) in [6, 6.07) is 9.18. The number of hydrogen-bond donors (Lipinski definition) is 1. The Kier molecular flexibility index (Phi) is 3.51. The van der Waals surface area contributed by atoms with Crippen LogP contribution in [0.1, 0.15) is 33.6 Å². The molecule has 5 nitrogen and oxygen atoms in total. The van der Waals surface area contributed by atoms with Crippen molar-refractivity contribution in [1.82, 2.24) is 20.1 Å². The van der Waals surface area contributed by atoms with Gasteiger partial charge in [0, 0.05) is 10.6 Å². The summed E-state index contributed by atoms with van der Waals surface area (Å²) < 4.78 is 2.76. The smallest absolute Gasteiger partial charge is 0.290 e. The van der Waals surface area contributed by atoms with Crippen molar-refractivity contribution in [3.8, 4) is 5.00 Å². The van der Waals surface area contributed by atoms with Crippen LogP contribution in [0.15, 0.2) is 34.1 Å². The highest BCUT2D eigenvalue weighted by Gasteiger charge is 2.32. The minimum absolute atomic E-state index is 0.268. The third-order valence-electron chi connectivity index (χ3n) is 3.74. The molecule has 1 aliphatic heterocycles. The number of aryl methyl sites for hydroxylation is 1. The van der Waals surface area contributed by atoms with Crippen LogP contribution in [-0.4, -0.2) is 20.7 Å². The minimum atomic E-state index is -0.338. The number of benzene rings is 1. The van der Waals surface area contributed by atoms with E-state index in [0.717, 1.165) is 19.9 Å². The van der Waals surface area contributed by atoms with Crippen LogP contribution < -0.4 is 5.32 Å². The zero-order valence-corrected chi connectivity index (χ0v) is 15.0. The number of aromatic nitrogens is 3. The van der Waals surface area contributed by atoms with Crippen LogP contribution in [0.25, 0.3) is 5.00 Å². The molecule has 1 unspecified atom stereocenters. The van der Waals surface area contributed by atoms with E-state index in [4.69, 9.17) is 11.6 Å². The SMILES string of the molecule is Cc1nnc2n1-c1sc(Br)cc1C(c1ccccc1Cl)NC2=O. The largest absolute Gasteiger partial charge is 0.338 e. The van der Waals surface area contributed by atoms with Crippen molar-refractivity contribution in [3.05, 3.63) is 61.9 Å². The summed E-state index contributed by atoms with van der Waals surface area (Å²) in [6.45, 7) is 1.83. The Balaban J connectivity index is 1.99. The monoisotopic (exact) mass is 408 g/mol. The van der Waals surface area contributed by atoms with Crippen molar-refractivity contribution < 1.29 is 4.79 Å². The average molecular weight is 410 g/mol. The van der Waals surface area contributed by atoms with Gasteiger partial charge in [-0.05, 0) is 40.5 Å². The maximum atomic E-state index is 12.6. The Morgan fingerprint density at radius 1 is 1.30 bits per heavy atom. The number of carbonyl (C=O) groups is 1. The second-order valence-corrected chi connectivity index (χ2v) is 7.96. The fourth-order valence-corrected chi connectivity index (χ4v) is 4.65. The van der Waals surface area contributed by atoms with E-state index < -0.39 is 0 Å². The Morgan fingerprint density at radius 2 is 2.09 bits per heavy atom. The van der Waals surface area contributed by atoms with Crippen molar-refractivity contribution in [2.24, 2.45) is 0 Å². The number of hydrogen-bond acceptors (Lipinski definition) is 4. The predicted octanol–water partition coefficient (Wildman–Crippen LogP) is 3.89. The fraction of sp³-hybridized carbons (Fsp3) is 0.133. The molecule has 2 aromatic heterocycles. The zero-order chi connectivity index (χ0) is 16.1. The summed E-state index contributed by atoms with van der Waals surface area (Å²) >= 11 is 11.4. The number of halogens is 2. The van der Waals surface area contributed by atoms with Crippen LogP contribution in [0.2, 0.25) is 5.02 Å². The first kappa shape index (κ1) is 14.9. The van der Waals surface area contributed by atoms with E-state index in [1.165, 1.54) is 11.3 Å². The van der Waals surface area contributed by atoms with E-state index >= 15 is 0 Å². The number of nitrogens with one attached hydrogen (secondary N) is 1. The van der Waals surface area contributed by atoms with Gasteiger partial charge in [0.25, 0.3) is 5.91 Å². The molecule has 3 heterocycles. The number of fused-ring (bicyclic) bond motifs is 3. The van der Waals surface area contributed by atoms with E-state index in [1.54, 1.807) is 4.57 Å². The number of thiophene rings is 1. The molecule has 0 bridgehead atoms. The molecule has 3 aromatic rings. The molecule has 8 heteroatoms. The first-order chi connectivity index (χ1) is 11.1. The van der Waals surface area contributed by atoms with E-state index in [9.17, 15) is 4.79 Å². The van der Waals surface area contributed by atoms with Crippen molar-refractivity contribution in [3.63, 3.8) is 0 Å². The molecular weight excluding hydrogens is 400 g/mol. The lowest BCUT2D eigenvalue weighted by atomic mass is 10.0. The van der Waals surface area contributed by atoms with E-state index in [1.807, 2.05) is 37.3 Å². The van der Waals surface area contributed by atoms with Gasteiger partial charge < -0.3 is 5.32 Å². The van der Waals surface area contributed by atoms with Gasteiger partial charge in [0.05, 0.1) is 9.83 Å². The van der Waals surface area contributed by atoms with E-state index in [-0.39, 0.29) is 17.8 Å². The lowest BCUT2D eigenvalue weighted by molar-refractivity contribution is 0.0933. The molecule has 116 valence electrons. The van der Waals surface area contributed by atoms with Crippen molar-refractivity contribution in [2.75, 3.05) is 0 Å². The molecule has 23 heavy (non-hydrogen) atoms. The van der Waals surface area contributed by atoms with Crippen LogP contribution in [0.4, 0.5) is 0 Å². The average Bonchev–Trinajstić information content (AvgIpc) is 3.05. The molecule has 4 rings (SSSR count). The molecule has 0 aliphatic carbocycles. The maximum Gasteiger partial charge on any atom is 0.290 e. The molecule has 1 atom stereocenters.